The molecule has 12 heteroatoms. The Labute approximate surface area is 244 Å². The van der Waals surface area contributed by atoms with E-state index in [2.05, 4.69) is 4.72 Å². The Kier molecular flexibility index (Phi) is 9.50. The summed E-state index contributed by atoms with van der Waals surface area (Å²) in [6, 6.07) is 21.3. The molecule has 4 aromatic rings. The smallest absolute Gasteiger partial charge is 0.297 e. The van der Waals surface area contributed by atoms with Crippen molar-refractivity contribution in [2.75, 3.05) is 11.3 Å². The summed E-state index contributed by atoms with van der Waals surface area (Å²) in [5.41, 5.74) is 2.07. The Morgan fingerprint density at radius 1 is 0.810 bits per heavy atom. The zero-order chi connectivity index (χ0) is 30.5. The van der Waals surface area contributed by atoms with Crippen molar-refractivity contribution in [3.05, 3.63) is 113 Å². The second-order valence-corrected chi connectivity index (χ2v) is 12.8. The molecule has 0 amide bonds. The number of aryl methyl sites for hydroxylation is 2. The van der Waals surface area contributed by atoms with Crippen LogP contribution in [0.5, 0.6) is 11.5 Å². The Morgan fingerprint density at radius 2 is 1.48 bits per heavy atom. The van der Waals surface area contributed by atoms with Crippen LogP contribution in [0.3, 0.4) is 0 Å². The number of halogens is 2. The van der Waals surface area contributed by atoms with Crippen LogP contribution in [0.25, 0.3) is 0 Å². The summed E-state index contributed by atoms with van der Waals surface area (Å²) in [4.78, 5) is -0.275. The van der Waals surface area contributed by atoms with Gasteiger partial charge in [-0.1, -0.05) is 54.1 Å². The van der Waals surface area contributed by atoms with E-state index < -0.39 is 50.2 Å². The normalized spacial score (nSPS) is 12.5. The highest BCUT2D eigenvalue weighted by Crippen LogP contribution is 2.32. The van der Waals surface area contributed by atoms with Gasteiger partial charge in [0.05, 0.1) is 15.5 Å². The average Bonchev–Trinajstić information content (AvgIpc) is 2.94. The number of ether oxygens (including phenoxy) is 2. The van der Waals surface area contributed by atoms with Crippen LogP contribution in [-0.4, -0.2) is 29.5 Å². The second kappa shape index (κ2) is 12.9. The third kappa shape index (κ3) is 7.64. The number of sulfonamides is 1. The van der Waals surface area contributed by atoms with Gasteiger partial charge in [-0.15, -0.1) is 0 Å². The lowest BCUT2D eigenvalue weighted by Gasteiger charge is -2.18. The maximum absolute atomic E-state index is 14.7. The number of rotatable bonds is 12. The maximum Gasteiger partial charge on any atom is 0.297 e. The predicted molar refractivity (Wildman–Crippen MR) is 154 cm³/mol. The van der Waals surface area contributed by atoms with Gasteiger partial charge in [-0.3, -0.25) is 8.91 Å². The molecule has 0 saturated carbocycles. The standard InChI is InChI=1S/C30H29F2NO7S2/c1-20-9-12-24(13-10-20)41(34,35)33-27-16-15-26(31)29(32)30(27)39-18-22(3)40-42(36,37)25-14-11-21(2)28(17-25)38-19-23-7-5-4-6-8-23/h4-17,22,33H,18-19H2,1-3H3. The molecule has 0 aliphatic heterocycles. The molecule has 0 saturated heterocycles. The largest absolute Gasteiger partial charge is 0.489 e. The van der Waals surface area contributed by atoms with Crippen molar-refractivity contribution in [1.82, 2.24) is 0 Å². The first kappa shape index (κ1) is 30.9. The van der Waals surface area contributed by atoms with Gasteiger partial charge >= 0.3 is 0 Å². The molecular weight excluding hydrogens is 588 g/mol. The molecule has 0 spiro atoms. The minimum Gasteiger partial charge on any atom is -0.489 e. The summed E-state index contributed by atoms with van der Waals surface area (Å²) in [6.07, 6.45) is -1.17. The van der Waals surface area contributed by atoms with E-state index in [9.17, 15) is 25.6 Å². The molecular formula is C30H29F2NO7S2. The Bertz CT molecular complexity index is 1760. The molecule has 0 aliphatic rings. The highest BCUT2D eigenvalue weighted by Gasteiger charge is 2.24. The van der Waals surface area contributed by atoms with E-state index in [1.807, 2.05) is 30.3 Å². The molecule has 1 unspecified atom stereocenters. The fourth-order valence-electron chi connectivity index (χ4n) is 3.80. The van der Waals surface area contributed by atoms with E-state index in [0.29, 0.717) is 11.3 Å². The summed E-state index contributed by atoms with van der Waals surface area (Å²) in [5.74, 6) is -3.13. The molecule has 4 aromatic carbocycles. The Balaban J connectivity index is 1.46. The van der Waals surface area contributed by atoms with Crippen LogP contribution in [0.15, 0.2) is 94.7 Å². The van der Waals surface area contributed by atoms with Gasteiger partial charge < -0.3 is 9.47 Å². The van der Waals surface area contributed by atoms with Crippen molar-refractivity contribution in [3.63, 3.8) is 0 Å². The Hall–Kier alpha value is -4.00. The van der Waals surface area contributed by atoms with Crippen LogP contribution >= 0.6 is 0 Å². The fourth-order valence-corrected chi connectivity index (χ4v) is 5.95. The molecule has 8 nitrogen and oxygen atoms in total. The minimum atomic E-state index is -4.32. The van der Waals surface area contributed by atoms with E-state index >= 15 is 0 Å². The monoisotopic (exact) mass is 617 g/mol. The van der Waals surface area contributed by atoms with E-state index in [1.54, 1.807) is 32.0 Å². The lowest BCUT2D eigenvalue weighted by atomic mass is 10.2. The van der Waals surface area contributed by atoms with Gasteiger partial charge in [0.15, 0.2) is 11.6 Å². The van der Waals surface area contributed by atoms with Crippen molar-refractivity contribution in [1.29, 1.82) is 0 Å². The fraction of sp³-hybridized carbons (Fsp3) is 0.200. The van der Waals surface area contributed by atoms with Crippen LogP contribution in [-0.2, 0) is 30.9 Å². The molecule has 42 heavy (non-hydrogen) atoms. The van der Waals surface area contributed by atoms with Crippen molar-refractivity contribution in [2.45, 2.75) is 43.3 Å². The SMILES string of the molecule is Cc1ccc(S(=O)(=O)Nc2ccc(F)c(F)c2OCC(C)OS(=O)(=O)c2ccc(C)c(OCc3ccccc3)c2)cc1. The number of benzene rings is 4. The Morgan fingerprint density at radius 3 is 2.17 bits per heavy atom. The van der Waals surface area contributed by atoms with Gasteiger partial charge in [0, 0.05) is 6.07 Å². The topological polar surface area (TPSA) is 108 Å². The van der Waals surface area contributed by atoms with E-state index in [0.717, 1.165) is 23.3 Å². The summed E-state index contributed by atoms with van der Waals surface area (Å²) in [6.45, 7) is 4.58. The van der Waals surface area contributed by atoms with Gasteiger partial charge in [0.25, 0.3) is 20.1 Å². The molecule has 222 valence electrons. The first-order valence-electron chi connectivity index (χ1n) is 12.8. The van der Waals surface area contributed by atoms with Crippen LogP contribution in [0.4, 0.5) is 14.5 Å². The molecule has 0 aromatic heterocycles. The van der Waals surface area contributed by atoms with Crippen molar-refractivity contribution in [3.8, 4) is 11.5 Å². The first-order valence-corrected chi connectivity index (χ1v) is 15.7. The molecule has 1 N–H and O–H groups in total. The average molecular weight is 618 g/mol. The van der Waals surface area contributed by atoms with Gasteiger partial charge in [0.1, 0.15) is 25.1 Å². The van der Waals surface area contributed by atoms with Gasteiger partial charge in [-0.25, -0.2) is 12.8 Å². The van der Waals surface area contributed by atoms with Crippen LogP contribution < -0.4 is 14.2 Å². The molecule has 0 radical (unpaired) electrons. The highest BCUT2D eigenvalue weighted by atomic mass is 32.2. The quantitative estimate of drug-likeness (QED) is 0.191. The van der Waals surface area contributed by atoms with Crippen LogP contribution in [0, 0.1) is 25.5 Å². The van der Waals surface area contributed by atoms with Crippen molar-refractivity contribution >= 4 is 25.8 Å². The summed E-state index contributed by atoms with van der Waals surface area (Å²) >= 11 is 0. The number of nitrogens with one attached hydrogen (secondary N) is 1. The molecule has 0 heterocycles. The zero-order valence-corrected chi connectivity index (χ0v) is 24.6. The van der Waals surface area contributed by atoms with Crippen LogP contribution in [0.2, 0.25) is 0 Å². The molecule has 1 atom stereocenters. The van der Waals surface area contributed by atoms with E-state index in [-0.39, 0.29) is 22.1 Å². The van der Waals surface area contributed by atoms with Crippen LogP contribution in [0.1, 0.15) is 23.6 Å². The van der Waals surface area contributed by atoms with Gasteiger partial charge in [-0.05, 0) is 62.2 Å². The summed E-state index contributed by atoms with van der Waals surface area (Å²) in [7, 11) is -8.50. The third-order valence-corrected chi connectivity index (χ3v) is 8.86. The minimum absolute atomic E-state index is 0.100. The molecule has 4 rings (SSSR count). The van der Waals surface area contributed by atoms with Crippen molar-refractivity contribution < 1.29 is 39.3 Å². The lowest BCUT2D eigenvalue weighted by Crippen LogP contribution is -2.23. The lowest BCUT2D eigenvalue weighted by molar-refractivity contribution is 0.145. The third-order valence-electron chi connectivity index (χ3n) is 6.06. The predicted octanol–water partition coefficient (Wildman–Crippen LogP) is 6.13. The van der Waals surface area contributed by atoms with E-state index in [4.69, 9.17) is 13.7 Å². The summed E-state index contributed by atoms with van der Waals surface area (Å²) < 4.78 is 99.0. The van der Waals surface area contributed by atoms with E-state index in [1.165, 1.54) is 31.2 Å². The first-order chi connectivity index (χ1) is 19.9. The zero-order valence-electron chi connectivity index (χ0n) is 23.0. The number of hydrogen-bond donors (Lipinski definition) is 1. The van der Waals surface area contributed by atoms with Gasteiger partial charge in [0.2, 0.25) is 5.82 Å². The molecule has 0 bridgehead atoms. The molecule has 0 fully saturated rings. The number of anilines is 1. The van der Waals surface area contributed by atoms with Gasteiger partial charge in [-0.2, -0.15) is 12.8 Å². The van der Waals surface area contributed by atoms with Crippen molar-refractivity contribution in [2.24, 2.45) is 0 Å². The number of hydrogen-bond acceptors (Lipinski definition) is 7. The highest BCUT2D eigenvalue weighted by molar-refractivity contribution is 7.92. The summed E-state index contributed by atoms with van der Waals surface area (Å²) in [5, 5.41) is 0. The second-order valence-electron chi connectivity index (χ2n) is 9.53. The molecule has 0 aliphatic carbocycles. The maximum atomic E-state index is 14.7.